The number of rotatable bonds is 5. The molecule has 0 aromatic rings. The lowest BCUT2D eigenvalue weighted by Crippen LogP contribution is -2.20. The Balaban J connectivity index is 2.49. The van der Waals surface area contributed by atoms with Gasteiger partial charge in [-0.1, -0.05) is 24.6 Å². The fraction of sp³-hybridized carbons (Fsp3) is 0.636. The second kappa shape index (κ2) is 4.07. The van der Waals surface area contributed by atoms with E-state index in [0.29, 0.717) is 5.92 Å². The summed E-state index contributed by atoms with van der Waals surface area (Å²) in [6.07, 6.45) is 4.70. The van der Waals surface area contributed by atoms with Crippen LogP contribution in [0.3, 0.4) is 0 Å². The Hall–Kier alpha value is -0.600. The quantitative estimate of drug-likeness (QED) is 0.520. The molecule has 1 aliphatic heterocycles. The van der Waals surface area contributed by atoms with Gasteiger partial charge in [0.25, 0.3) is 0 Å². The van der Waals surface area contributed by atoms with Crippen LogP contribution in [-0.4, -0.2) is 23.9 Å². The summed E-state index contributed by atoms with van der Waals surface area (Å²) < 4.78 is 5.47. The zero-order valence-electron chi connectivity index (χ0n) is 8.42. The predicted molar refractivity (Wildman–Crippen MR) is 53.5 cm³/mol. The van der Waals surface area contributed by atoms with Crippen LogP contribution in [0.5, 0.6) is 0 Å². The molecule has 2 heteroatoms. The van der Waals surface area contributed by atoms with Gasteiger partial charge in [0.15, 0.2) is 0 Å². The standard InChI is InChI=1S/C11H18O2/c1-9(2)7-11(8-13-11)10(3)5-4-6-12/h4-5,10,12H,1,6-8H2,2-3H3/b5-4+/t10-,11-/m1/s1. The van der Waals surface area contributed by atoms with Crippen LogP contribution in [0, 0.1) is 5.92 Å². The van der Waals surface area contributed by atoms with E-state index in [1.165, 1.54) is 0 Å². The van der Waals surface area contributed by atoms with Gasteiger partial charge >= 0.3 is 0 Å². The van der Waals surface area contributed by atoms with E-state index in [-0.39, 0.29) is 12.2 Å². The first-order valence-corrected chi connectivity index (χ1v) is 4.66. The minimum absolute atomic E-state index is 0.0164. The molecule has 1 fully saturated rings. The van der Waals surface area contributed by atoms with E-state index in [2.05, 4.69) is 13.5 Å². The van der Waals surface area contributed by atoms with Crippen molar-refractivity contribution in [3.05, 3.63) is 24.3 Å². The Morgan fingerprint density at radius 1 is 1.77 bits per heavy atom. The highest BCUT2D eigenvalue weighted by Gasteiger charge is 2.47. The van der Waals surface area contributed by atoms with E-state index in [9.17, 15) is 0 Å². The van der Waals surface area contributed by atoms with E-state index in [1.807, 2.05) is 13.0 Å². The zero-order chi connectivity index (χ0) is 9.90. The molecule has 0 saturated carbocycles. The number of aliphatic hydroxyl groups excluding tert-OH is 1. The Morgan fingerprint density at radius 3 is 2.77 bits per heavy atom. The lowest BCUT2D eigenvalue weighted by Gasteiger charge is -2.16. The third-order valence-corrected chi connectivity index (χ3v) is 2.48. The van der Waals surface area contributed by atoms with Gasteiger partial charge in [0.2, 0.25) is 0 Å². The molecule has 0 radical (unpaired) electrons. The van der Waals surface area contributed by atoms with Gasteiger partial charge in [-0.2, -0.15) is 0 Å². The van der Waals surface area contributed by atoms with Crippen molar-refractivity contribution in [3.8, 4) is 0 Å². The minimum Gasteiger partial charge on any atom is -0.392 e. The number of hydrogen-bond acceptors (Lipinski definition) is 2. The van der Waals surface area contributed by atoms with Crippen molar-refractivity contribution in [2.45, 2.75) is 25.9 Å². The van der Waals surface area contributed by atoms with Crippen molar-refractivity contribution in [1.82, 2.24) is 0 Å². The summed E-state index contributed by atoms with van der Waals surface area (Å²) in [5, 5.41) is 8.64. The Labute approximate surface area is 79.9 Å². The molecule has 1 N–H and O–H groups in total. The fourth-order valence-electron chi connectivity index (χ4n) is 1.57. The lowest BCUT2D eigenvalue weighted by atomic mass is 9.89. The number of ether oxygens (including phenoxy) is 1. The van der Waals surface area contributed by atoms with Crippen LogP contribution in [0.2, 0.25) is 0 Å². The molecule has 1 rings (SSSR count). The van der Waals surface area contributed by atoms with E-state index < -0.39 is 0 Å². The molecule has 0 amide bonds. The fourth-order valence-corrected chi connectivity index (χ4v) is 1.57. The smallest absolute Gasteiger partial charge is 0.101 e. The largest absolute Gasteiger partial charge is 0.392 e. The average Bonchev–Trinajstić information content (AvgIpc) is 2.80. The average molecular weight is 182 g/mol. The maximum absolute atomic E-state index is 8.64. The topological polar surface area (TPSA) is 32.8 Å². The van der Waals surface area contributed by atoms with Crippen molar-refractivity contribution in [1.29, 1.82) is 0 Å². The number of epoxide rings is 1. The first kappa shape index (κ1) is 10.5. The van der Waals surface area contributed by atoms with Crippen LogP contribution < -0.4 is 0 Å². The van der Waals surface area contributed by atoms with E-state index in [1.54, 1.807) is 6.08 Å². The normalized spacial score (nSPS) is 29.2. The first-order chi connectivity index (χ1) is 6.10. The van der Waals surface area contributed by atoms with Crippen LogP contribution in [0.25, 0.3) is 0 Å². The predicted octanol–water partition coefficient (Wildman–Crippen LogP) is 1.91. The minimum atomic E-state index is -0.0164. The van der Waals surface area contributed by atoms with Crippen LogP contribution in [0.4, 0.5) is 0 Å². The summed E-state index contributed by atoms with van der Waals surface area (Å²) in [6, 6.07) is 0. The highest BCUT2D eigenvalue weighted by atomic mass is 16.6. The van der Waals surface area contributed by atoms with Crippen molar-refractivity contribution >= 4 is 0 Å². The van der Waals surface area contributed by atoms with Gasteiger partial charge in [0.1, 0.15) is 5.60 Å². The molecule has 0 unspecified atom stereocenters. The van der Waals surface area contributed by atoms with Crippen molar-refractivity contribution in [3.63, 3.8) is 0 Å². The highest BCUT2D eigenvalue weighted by Crippen LogP contribution is 2.41. The monoisotopic (exact) mass is 182 g/mol. The second-order valence-electron chi connectivity index (χ2n) is 3.89. The summed E-state index contributed by atoms with van der Waals surface area (Å²) in [7, 11) is 0. The van der Waals surface area contributed by atoms with Gasteiger partial charge in [-0.3, -0.25) is 0 Å². The van der Waals surface area contributed by atoms with Crippen LogP contribution >= 0.6 is 0 Å². The third-order valence-electron chi connectivity index (χ3n) is 2.48. The molecule has 2 atom stereocenters. The Kier molecular flexibility index (Phi) is 3.28. The van der Waals surface area contributed by atoms with E-state index >= 15 is 0 Å². The molecule has 2 nitrogen and oxygen atoms in total. The van der Waals surface area contributed by atoms with Gasteiger partial charge in [-0.05, 0) is 13.3 Å². The summed E-state index contributed by atoms with van der Waals surface area (Å²) in [5.74, 6) is 0.358. The molecule has 1 aliphatic rings. The second-order valence-corrected chi connectivity index (χ2v) is 3.89. The molecule has 0 spiro atoms. The zero-order valence-corrected chi connectivity index (χ0v) is 8.42. The Bertz CT molecular complexity index is 214. The van der Waals surface area contributed by atoms with Crippen LogP contribution in [-0.2, 0) is 4.74 Å². The lowest BCUT2D eigenvalue weighted by molar-refractivity contribution is 0.253. The molecule has 0 aliphatic carbocycles. The van der Waals surface area contributed by atoms with Gasteiger partial charge in [0.05, 0.1) is 13.2 Å². The SMILES string of the molecule is C=C(C)C[C@]1([C@H](C)/C=C/CO)CO1. The molecular formula is C11H18O2. The van der Waals surface area contributed by atoms with Crippen molar-refractivity contribution in [2.24, 2.45) is 5.92 Å². The highest BCUT2D eigenvalue weighted by molar-refractivity contribution is 5.11. The summed E-state index contributed by atoms with van der Waals surface area (Å²) in [5.41, 5.74) is 1.14. The van der Waals surface area contributed by atoms with Gasteiger partial charge in [-0.25, -0.2) is 0 Å². The molecule has 0 aromatic carbocycles. The molecule has 13 heavy (non-hydrogen) atoms. The van der Waals surface area contributed by atoms with E-state index in [0.717, 1.165) is 18.6 Å². The molecule has 1 heterocycles. The van der Waals surface area contributed by atoms with Crippen molar-refractivity contribution in [2.75, 3.05) is 13.2 Å². The molecular weight excluding hydrogens is 164 g/mol. The molecule has 1 saturated heterocycles. The van der Waals surface area contributed by atoms with E-state index in [4.69, 9.17) is 9.84 Å². The molecule has 0 aromatic heterocycles. The molecule has 0 bridgehead atoms. The van der Waals surface area contributed by atoms with Gasteiger partial charge < -0.3 is 9.84 Å². The summed E-state index contributed by atoms with van der Waals surface area (Å²) in [6.45, 7) is 8.94. The third kappa shape index (κ3) is 2.68. The van der Waals surface area contributed by atoms with Gasteiger partial charge in [0, 0.05) is 5.92 Å². The van der Waals surface area contributed by atoms with Crippen LogP contribution in [0.15, 0.2) is 24.3 Å². The summed E-state index contributed by atoms with van der Waals surface area (Å²) in [4.78, 5) is 0. The van der Waals surface area contributed by atoms with Crippen molar-refractivity contribution < 1.29 is 9.84 Å². The maximum Gasteiger partial charge on any atom is 0.101 e. The van der Waals surface area contributed by atoms with Gasteiger partial charge in [-0.15, -0.1) is 6.58 Å². The molecule has 74 valence electrons. The number of hydrogen-bond donors (Lipinski definition) is 1. The first-order valence-electron chi connectivity index (χ1n) is 4.66. The maximum atomic E-state index is 8.64. The number of aliphatic hydroxyl groups is 1. The Morgan fingerprint density at radius 2 is 2.38 bits per heavy atom. The van der Waals surface area contributed by atoms with Crippen LogP contribution in [0.1, 0.15) is 20.3 Å². The summed E-state index contributed by atoms with van der Waals surface area (Å²) >= 11 is 0.